The summed E-state index contributed by atoms with van der Waals surface area (Å²) in [5.74, 6) is 0. The molecule has 94 valence electrons. The molecular formula is C10H15N3O2S2. The average molecular weight is 273 g/mol. The summed E-state index contributed by atoms with van der Waals surface area (Å²) in [5, 5.41) is 0.287. The van der Waals surface area contributed by atoms with E-state index in [1.807, 2.05) is 0 Å². The first-order valence-corrected chi connectivity index (χ1v) is 7.58. The van der Waals surface area contributed by atoms with E-state index < -0.39 is 10.0 Å². The van der Waals surface area contributed by atoms with Gasteiger partial charge in [-0.1, -0.05) is 17.4 Å². The van der Waals surface area contributed by atoms with Crippen molar-refractivity contribution in [2.75, 3.05) is 12.3 Å². The lowest BCUT2D eigenvalue weighted by Gasteiger charge is -2.19. The van der Waals surface area contributed by atoms with Gasteiger partial charge < -0.3 is 5.73 Å². The van der Waals surface area contributed by atoms with Crippen molar-refractivity contribution in [1.82, 2.24) is 9.29 Å². The first-order valence-electron chi connectivity index (χ1n) is 5.32. The Bertz CT molecular complexity index is 532. The number of hydrogen-bond donors (Lipinski definition) is 1. The molecule has 2 rings (SSSR count). The molecule has 0 saturated heterocycles. The van der Waals surface area contributed by atoms with E-state index >= 15 is 0 Å². The molecular weight excluding hydrogens is 258 g/mol. The summed E-state index contributed by atoms with van der Waals surface area (Å²) in [4.78, 5) is 3.96. The number of nitrogens with two attached hydrogens (primary N) is 1. The number of aryl methyl sites for hydroxylation is 1. The van der Waals surface area contributed by atoms with Crippen molar-refractivity contribution in [2.45, 2.75) is 30.0 Å². The maximum atomic E-state index is 12.4. The molecule has 1 aromatic heterocycles. The largest absolute Gasteiger partial charge is 0.375 e. The fourth-order valence-electron chi connectivity index (χ4n) is 1.68. The number of anilines is 1. The summed E-state index contributed by atoms with van der Waals surface area (Å²) in [7, 11) is -3.47. The van der Waals surface area contributed by atoms with Crippen LogP contribution in [0, 0.1) is 6.92 Å². The van der Waals surface area contributed by atoms with E-state index in [2.05, 4.69) is 11.6 Å². The van der Waals surface area contributed by atoms with Crippen molar-refractivity contribution in [3.8, 4) is 0 Å². The predicted octanol–water partition coefficient (Wildman–Crippen LogP) is 1.37. The molecule has 0 atom stereocenters. The zero-order valence-corrected chi connectivity index (χ0v) is 11.2. The van der Waals surface area contributed by atoms with Crippen LogP contribution in [0.2, 0.25) is 0 Å². The van der Waals surface area contributed by atoms with E-state index in [1.165, 1.54) is 4.31 Å². The number of nitrogens with zero attached hydrogens (tertiary/aromatic N) is 2. The summed E-state index contributed by atoms with van der Waals surface area (Å²) in [5.41, 5.74) is 6.02. The van der Waals surface area contributed by atoms with Gasteiger partial charge in [-0.3, -0.25) is 0 Å². The molecule has 2 N–H and O–H groups in total. The maximum Gasteiger partial charge on any atom is 0.255 e. The highest BCUT2D eigenvalue weighted by Crippen LogP contribution is 2.35. The van der Waals surface area contributed by atoms with E-state index in [0.717, 1.165) is 24.2 Å². The standard InChI is InChI=1S/C10H15N3O2S2/c1-3-6-13(8-4-5-8)17(14,15)9-7(2)12-10(11)16-9/h3,8H,1,4-6H2,2H3,(H2,11,12). The van der Waals surface area contributed by atoms with Crippen molar-refractivity contribution in [3.63, 3.8) is 0 Å². The zero-order chi connectivity index (χ0) is 12.6. The van der Waals surface area contributed by atoms with E-state index in [0.29, 0.717) is 12.2 Å². The van der Waals surface area contributed by atoms with Gasteiger partial charge in [0, 0.05) is 12.6 Å². The van der Waals surface area contributed by atoms with E-state index in [-0.39, 0.29) is 15.4 Å². The number of aromatic nitrogens is 1. The van der Waals surface area contributed by atoms with Gasteiger partial charge in [0.15, 0.2) is 9.34 Å². The molecule has 0 bridgehead atoms. The van der Waals surface area contributed by atoms with Gasteiger partial charge in [0.05, 0.1) is 5.69 Å². The minimum absolute atomic E-state index is 0.112. The second-order valence-corrected chi connectivity index (χ2v) is 7.14. The number of sulfonamides is 1. The van der Waals surface area contributed by atoms with Gasteiger partial charge in [0.1, 0.15) is 0 Å². The van der Waals surface area contributed by atoms with E-state index in [4.69, 9.17) is 5.73 Å². The van der Waals surface area contributed by atoms with E-state index in [9.17, 15) is 8.42 Å². The van der Waals surface area contributed by atoms with Gasteiger partial charge in [0.2, 0.25) is 0 Å². The topological polar surface area (TPSA) is 76.3 Å². The summed E-state index contributed by atoms with van der Waals surface area (Å²) in [6.07, 6.45) is 3.44. The van der Waals surface area contributed by atoms with Crippen LogP contribution in [-0.2, 0) is 10.0 Å². The van der Waals surface area contributed by atoms with Gasteiger partial charge in [0.25, 0.3) is 10.0 Å². The fourth-order valence-corrected chi connectivity index (χ4v) is 4.75. The van der Waals surface area contributed by atoms with Crippen molar-refractivity contribution in [1.29, 1.82) is 0 Å². The van der Waals surface area contributed by atoms with Crippen molar-refractivity contribution in [2.24, 2.45) is 0 Å². The molecule has 17 heavy (non-hydrogen) atoms. The van der Waals surface area contributed by atoms with Crippen LogP contribution in [0.3, 0.4) is 0 Å². The Morgan fingerprint density at radius 1 is 1.65 bits per heavy atom. The van der Waals surface area contributed by atoms with Gasteiger partial charge in [-0.05, 0) is 19.8 Å². The second kappa shape index (κ2) is 4.40. The smallest absolute Gasteiger partial charge is 0.255 e. The van der Waals surface area contributed by atoms with Crippen LogP contribution in [0.15, 0.2) is 16.9 Å². The first kappa shape index (κ1) is 12.5. The Hall–Kier alpha value is -0.920. The minimum atomic E-state index is -3.47. The van der Waals surface area contributed by atoms with Crippen molar-refractivity contribution < 1.29 is 8.42 Å². The second-order valence-electron chi connectivity index (χ2n) is 4.02. The molecule has 1 aliphatic rings. The van der Waals surface area contributed by atoms with Crippen LogP contribution >= 0.6 is 11.3 Å². The molecule has 1 aliphatic carbocycles. The number of hydrogen-bond acceptors (Lipinski definition) is 5. The molecule has 1 fully saturated rings. The third-order valence-corrected chi connectivity index (χ3v) is 6.07. The predicted molar refractivity (Wildman–Crippen MR) is 68.4 cm³/mol. The van der Waals surface area contributed by atoms with Crippen LogP contribution in [0.25, 0.3) is 0 Å². The first-order chi connectivity index (χ1) is 7.96. The van der Waals surface area contributed by atoms with Gasteiger partial charge >= 0.3 is 0 Å². The third-order valence-electron chi connectivity index (χ3n) is 2.58. The van der Waals surface area contributed by atoms with Crippen LogP contribution in [0.5, 0.6) is 0 Å². The summed E-state index contributed by atoms with van der Waals surface area (Å²) < 4.78 is 26.6. The van der Waals surface area contributed by atoms with Gasteiger partial charge in [-0.2, -0.15) is 4.31 Å². The van der Waals surface area contributed by atoms with Crippen LogP contribution in [0.1, 0.15) is 18.5 Å². The Balaban J connectivity index is 2.40. The summed E-state index contributed by atoms with van der Waals surface area (Å²) in [6.45, 7) is 5.61. The highest BCUT2D eigenvalue weighted by molar-refractivity contribution is 7.91. The van der Waals surface area contributed by atoms with Crippen LogP contribution < -0.4 is 5.73 Å². The van der Waals surface area contributed by atoms with Crippen molar-refractivity contribution in [3.05, 3.63) is 18.3 Å². The number of thiazole rings is 1. The van der Waals surface area contributed by atoms with Gasteiger partial charge in [-0.25, -0.2) is 13.4 Å². The maximum absolute atomic E-state index is 12.4. The lowest BCUT2D eigenvalue weighted by Crippen LogP contribution is -2.33. The highest BCUT2D eigenvalue weighted by Gasteiger charge is 2.39. The molecule has 5 nitrogen and oxygen atoms in total. The molecule has 0 unspecified atom stereocenters. The minimum Gasteiger partial charge on any atom is -0.375 e. The molecule has 7 heteroatoms. The molecule has 0 spiro atoms. The summed E-state index contributed by atoms with van der Waals surface area (Å²) in [6, 6.07) is 0.112. The van der Waals surface area contributed by atoms with E-state index in [1.54, 1.807) is 13.0 Å². The molecule has 0 aromatic carbocycles. The Morgan fingerprint density at radius 2 is 2.29 bits per heavy atom. The molecule has 1 aromatic rings. The molecule has 0 amide bonds. The molecule has 1 heterocycles. The molecule has 0 aliphatic heterocycles. The highest BCUT2D eigenvalue weighted by atomic mass is 32.2. The normalized spacial score (nSPS) is 16.4. The lowest BCUT2D eigenvalue weighted by molar-refractivity contribution is 0.437. The zero-order valence-electron chi connectivity index (χ0n) is 9.59. The quantitative estimate of drug-likeness (QED) is 0.822. The summed E-state index contributed by atoms with van der Waals surface area (Å²) >= 11 is 1.02. The number of rotatable bonds is 5. The Kier molecular flexibility index (Phi) is 3.24. The molecule has 0 radical (unpaired) electrons. The fraction of sp³-hybridized carbons (Fsp3) is 0.500. The Morgan fingerprint density at radius 3 is 2.71 bits per heavy atom. The monoisotopic (exact) mass is 273 g/mol. The van der Waals surface area contributed by atoms with Gasteiger partial charge in [-0.15, -0.1) is 6.58 Å². The van der Waals surface area contributed by atoms with Crippen molar-refractivity contribution >= 4 is 26.5 Å². The van der Waals surface area contributed by atoms with Crippen LogP contribution in [-0.4, -0.2) is 30.3 Å². The lowest BCUT2D eigenvalue weighted by atomic mass is 10.6. The third kappa shape index (κ3) is 2.36. The average Bonchev–Trinajstić information content (AvgIpc) is 3.00. The SMILES string of the molecule is C=CCN(C1CC1)S(=O)(=O)c1sc(N)nc1C. The van der Waals surface area contributed by atoms with Crippen LogP contribution in [0.4, 0.5) is 5.13 Å². The molecule has 1 saturated carbocycles. The number of nitrogen functional groups attached to an aromatic ring is 1. The Labute approximate surface area is 105 Å².